The highest BCUT2D eigenvalue weighted by Crippen LogP contribution is 2.16. The summed E-state index contributed by atoms with van der Waals surface area (Å²) in [6.07, 6.45) is 0.352. The lowest BCUT2D eigenvalue weighted by molar-refractivity contribution is -0.138. The van der Waals surface area contributed by atoms with E-state index in [1.165, 1.54) is 0 Å². The minimum absolute atomic E-state index is 0.0762. The summed E-state index contributed by atoms with van der Waals surface area (Å²) < 4.78 is 5.00. The minimum Gasteiger partial charge on any atom is -0.461 e. The number of esters is 1. The summed E-state index contributed by atoms with van der Waals surface area (Å²) in [7, 11) is 0. The van der Waals surface area contributed by atoms with Crippen molar-refractivity contribution in [3.63, 3.8) is 0 Å². The smallest absolute Gasteiger partial charge is 0.355 e. The molecule has 20 heavy (non-hydrogen) atoms. The van der Waals surface area contributed by atoms with Gasteiger partial charge in [0.05, 0.1) is 6.61 Å². The zero-order valence-corrected chi connectivity index (χ0v) is 12.4. The van der Waals surface area contributed by atoms with Crippen molar-refractivity contribution in [1.29, 1.82) is 0 Å². The van der Waals surface area contributed by atoms with Gasteiger partial charge in [-0.25, -0.2) is 4.79 Å². The topological polar surface area (TPSA) is 55.4 Å². The monoisotopic (exact) mass is 275 g/mol. The number of ether oxygens (including phenoxy) is 1. The van der Waals surface area contributed by atoms with Crippen molar-refractivity contribution in [2.24, 2.45) is 0 Å². The van der Waals surface area contributed by atoms with Gasteiger partial charge in [-0.2, -0.15) is 0 Å². The first kappa shape index (κ1) is 16.0. The molecule has 0 fully saturated rings. The Balaban J connectivity index is 3.08. The Morgan fingerprint density at radius 2 is 1.75 bits per heavy atom. The lowest BCUT2D eigenvalue weighted by Crippen LogP contribution is -2.19. The molecule has 4 heteroatoms. The van der Waals surface area contributed by atoms with Crippen molar-refractivity contribution in [3.05, 3.63) is 41.1 Å². The predicted octanol–water partition coefficient (Wildman–Crippen LogP) is 3.22. The summed E-state index contributed by atoms with van der Waals surface area (Å²) in [6, 6.07) is 7.58. The molecule has 1 rings (SSSR count). The Morgan fingerprint density at radius 1 is 1.15 bits per heavy atom. The predicted molar refractivity (Wildman–Crippen MR) is 79.4 cm³/mol. The first-order valence-corrected chi connectivity index (χ1v) is 6.74. The molecular formula is C16H21NO3. The van der Waals surface area contributed by atoms with Crippen LogP contribution in [0.1, 0.15) is 32.8 Å². The van der Waals surface area contributed by atoms with E-state index in [1.54, 1.807) is 20.8 Å². The number of aryl methyl sites for hydroxylation is 1. The summed E-state index contributed by atoms with van der Waals surface area (Å²) in [5.74, 6) is -0.583. The molecular weight excluding hydrogens is 254 g/mol. The molecule has 0 atom stereocenters. The number of hydrogen-bond acceptors (Lipinski definition) is 4. The lowest BCUT2D eigenvalue weighted by atomic mass is 10.1. The van der Waals surface area contributed by atoms with Crippen LogP contribution in [0.25, 0.3) is 0 Å². The van der Waals surface area contributed by atoms with Gasteiger partial charge in [0.15, 0.2) is 5.78 Å². The molecule has 0 aliphatic rings. The first-order chi connectivity index (χ1) is 9.49. The second-order valence-electron chi connectivity index (χ2n) is 4.49. The Morgan fingerprint density at radius 3 is 2.25 bits per heavy atom. The van der Waals surface area contributed by atoms with Crippen LogP contribution in [0.4, 0.5) is 5.69 Å². The van der Waals surface area contributed by atoms with Crippen LogP contribution in [0.15, 0.2) is 35.5 Å². The fourth-order valence-corrected chi connectivity index (χ4v) is 1.69. The largest absolute Gasteiger partial charge is 0.461 e. The summed E-state index contributed by atoms with van der Waals surface area (Å²) in [5.41, 5.74) is 2.48. The Kier molecular flexibility index (Phi) is 5.97. The first-order valence-electron chi connectivity index (χ1n) is 6.74. The van der Waals surface area contributed by atoms with Crippen LogP contribution in [-0.2, 0) is 14.3 Å². The highest BCUT2D eigenvalue weighted by molar-refractivity contribution is 6.04. The van der Waals surface area contributed by atoms with Crippen molar-refractivity contribution in [3.8, 4) is 0 Å². The van der Waals surface area contributed by atoms with Gasteiger partial charge in [0, 0.05) is 17.7 Å². The quantitative estimate of drug-likeness (QED) is 0.639. The van der Waals surface area contributed by atoms with Crippen molar-refractivity contribution in [2.75, 3.05) is 11.9 Å². The van der Waals surface area contributed by atoms with E-state index in [0.717, 1.165) is 11.3 Å². The third-order valence-electron chi connectivity index (χ3n) is 2.91. The number of Topliss-reactive ketones (excluding diaryl/α,β-unsaturated/α-hetero) is 1. The number of benzene rings is 1. The fourth-order valence-electron chi connectivity index (χ4n) is 1.69. The number of allylic oxidation sites excluding steroid dienone is 1. The van der Waals surface area contributed by atoms with Crippen molar-refractivity contribution in [1.82, 2.24) is 0 Å². The van der Waals surface area contributed by atoms with Crippen LogP contribution in [0.3, 0.4) is 0 Å². The Labute approximate surface area is 119 Å². The average molecular weight is 275 g/mol. The van der Waals surface area contributed by atoms with E-state index >= 15 is 0 Å². The van der Waals surface area contributed by atoms with Gasteiger partial charge in [-0.05, 0) is 32.9 Å². The summed E-state index contributed by atoms with van der Waals surface area (Å²) >= 11 is 0. The molecule has 0 aromatic heterocycles. The van der Waals surface area contributed by atoms with Gasteiger partial charge in [0.25, 0.3) is 0 Å². The maximum atomic E-state index is 12.0. The van der Waals surface area contributed by atoms with Crippen molar-refractivity contribution < 1.29 is 14.3 Å². The third kappa shape index (κ3) is 4.23. The highest BCUT2D eigenvalue weighted by atomic mass is 16.5. The van der Waals surface area contributed by atoms with Gasteiger partial charge in [-0.15, -0.1) is 0 Å². The number of ketones is 1. The van der Waals surface area contributed by atoms with Gasteiger partial charge in [0.2, 0.25) is 0 Å². The van der Waals surface area contributed by atoms with E-state index in [-0.39, 0.29) is 18.1 Å². The summed E-state index contributed by atoms with van der Waals surface area (Å²) in [5, 5.41) is 2.99. The minimum atomic E-state index is -0.507. The zero-order chi connectivity index (χ0) is 15.1. The molecule has 0 heterocycles. The van der Waals surface area contributed by atoms with E-state index in [2.05, 4.69) is 5.32 Å². The molecule has 0 radical (unpaired) electrons. The maximum Gasteiger partial charge on any atom is 0.355 e. The molecule has 0 aliphatic carbocycles. The van der Waals surface area contributed by atoms with Crippen LogP contribution in [0.5, 0.6) is 0 Å². The number of carbonyl (C=O) groups excluding carboxylic acids is 2. The van der Waals surface area contributed by atoms with E-state index < -0.39 is 5.97 Å². The molecule has 1 aromatic carbocycles. The zero-order valence-electron chi connectivity index (χ0n) is 12.4. The van der Waals surface area contributed by atoms with Gasteiger partial charge in [-0.1, -0.05) is 24.6 Å². The van der Waals surface area contributed by atoms with Gasteiger partial charge in [0.1, 0.15) is 5.70 Å². The third-order valence-corrected chi connectivity index (χ3v) is 2.91. The molecule has 1 N–H and O–H groups in total. The molecule has 0 saturated heterocycles. The van der Waals surface area contributed by atoms with Gasteiger partial charge >= 0.3 is 5.97 Å². The highest BCUT2D eigenvalue weighted by Gasteiger charge is 2.18. The number of carbonyl (C=O) groups is 2. The molecule has 108 valence electrons. The van der Waals surface area contributed by atoms with Crippen LogP contribution in [-0.4, -0.2) is 18.4 Å². The standard InChI is InChI=1S/C16H21NO3/c1-5-14(18)12(4)15(16(19)20-6-2)17-13-9-7-11(3)8-10-13/h7-10,17H,5-6H2,1-4H3/b15-12+. The SMILES string of the molecule is CCOC(=O)/C(Nc1ccc(C)cc1)=C(/C)C(=O)CC. The molecule has 0 saturated carbocycles. The number of anilines is 1. The number of nitrogens with one attached hydrogen (secondary N) is 1. The fraction of sp³-hybridized carbons (Fsp3) is 0.375. The lowest BCUT2D eigenvalue weighted by Gasteiger charge is -2.13. The second-order valence-corrected chi connectivity index (χ2v) is 4.49. The molecule has 0 unspecified atom stereocenters. The molecule has 0 bridgehead atoms. The summed E-state index contributed by atoms with van der Waals surface area (Å²) in [4.78, 5) is 23.8. The normalized spacial score (nSPS) is 11.6. The van der Waals surface area contributed by atoms with Crippen LogP contribution in [0, 0.1) is 6.92 Å². The number of hydrogen-bond donors (Lipinski definition) is 1. The van der Waals surface area contributed by atoms with Crippen LogP contribution < -0.4 is 5.32 Å². The van der Waals surface area contributed by atoms with Gasteiger partial charge in [-0.3, -0.25) is 4.79 Å². The van der Waals surface area contributed by atoms with E-state index in [4.69, 9.17) is 4.74 Å². The van der Waals surface area contributed by atoms with Crippen molar-refractivity contribution >= 4 is 17.4 Å². The maximum absolute atomic E-state index is 12.0. The Hall–Kier alpha value is -2.10. The van der Waals surface area contributed by atoms with E-state index in [9.17, 15) is 9.59 Å². The molecule has 0 spiro atoms. The molecule has 0 aliphatic heterocycles. The molecule has 0 amide bonds. The van der Waals surface area contributed by atoms with Crippen LogP contribution >= 0.6 is 0 Å². The second kappa shape index (κ2) is 7.48. The van der Waals surface area contributed by atoms with E-state index in [0.29, 0.717) is 12.0 Å². The summed E-state index contributed by atoms with van der Waals surface area (Å²) in [6.45, 7) is 7.39. The Bertz CT molecular complexity index is 515. The van der Waals surface area contributed by atoms with E-state index in [1.807, 2.05) is 31.2 Å². The van der Waals surface area contributed by atoms with Crippen molar-refractivity contribution in [2.45, 2.75) is 34.1 Å². The molecule has 4 nitrogen and oxygen atoms in total. The molecule has 1 aromatic rings. The van der Waals surface area contributed by atoms with Crippen LogP contribution in [0.2, 0.25) is 0 Å². The average Bonchev–Trinajstić information content (AvgIpc) is 2.45. The number of rotatable bonds is 6. The van der Waals surface area contributed by atoms with Gasteiger partial charge < -0.3 is 10.1 Å².